The quantitative estimate of drug-likeness (QED) is 0.785. The Labute approximate surface area is 159 Å². The van der Waals surface area contributed by atoms with Gasteiger partial charge in [-0.15, -0.1) is 0 Å². The summed E-state index contributed by atoms with van der Waals surface area (Å²) in [6, 6.07) is -0.0625. The van der Waals surface area contributed by atoms with Crippen LogP contribution in [0.2, 0.25) is 0 Å². The third kappa shape index (κ3) is 4.53. The fraction of sp³-hybridized carbons (Fsp3) is 0.947. The number of hydrogen-bond acceptors (Lipinski definition) is 4. The number of rotatable bonds is 2. The van der Waals surface area contributed by atoms with Gasteiger partial charge in [0.25, 0.3) is 0 Å². The van der Waals surface area contributed by atoms with E-state index in [1.54, 1.807) is 25.7 Å². The van der Waals surface area contributed by atoms with E-state index in [9.17, 15) is 13.2 Å². The largest absolute Gasteiger partial charge is 0.444 e. The number of carbonyl (C=O) groups excluding carboxylic acids is 1. The first-order chi connectivity index (χ1) is 11.7. The minimum atomic E-state index is -3.40. The molecule has 0 aromatic rings. The number of piperidine rings is 1. The van der Waals surface area contributed by atoms with Crippen molar-refractivity contribution in [1.29, 1.82) is 0 Å². The van der Waals surface area contributed by atoms with Crippen molar-refractivity contribution in [3.05, 3.63) is 0 Å². The third-order valence-electron chi connectivity index (χ3n) is 5.83. The van der Waals surface area contributed by atoms with Gasteiger partial charge >= 0.3 is 6.09 Å². The predicted molar refractivity (Wildman–Crippen MR) is 103 cm³/mol. The highest BCUT2D eigenvalue weighted by atomic mass is 32.2. The minimum Gasteiger partial charge on any atom is -0.444 e. The summed E-state index contributed by atoms with van der Waals surface area (Å²) in [5, 5.41) is 0. The zero-order valence-electron chi connectivity index (χ0n) is 17.4. The van der Waals surface area contributed by atoms with E-state index < -0.39 is 20.4 Å². The van der Waals surface area contributed by atoms with Gasteiger partial charge in [0.15, 0.2) is 0 Å². The Morgan fingerprint density at radius 1 is 1.08 bits per heavy atom. The number of amides is 1. The number of carbonyl (C=O) groups is 1. The fourth-order valence-corrected chi connectivity index (χ4v) is 5.22. The average molecular weight is 389 g/mol. The Kier molecular flexibility index (Phi) is 5.76. The summed E-state index contributed by atoms with van der Waals surface area (Å²) in [6.45, 7) is 14.2. The maximum absolute atomic E-state index is 12.7. The van der Waals surface area contributed by atoms with Gasteiger partial charge in [-0.05, 0) is 78.6 Å². The van der Waals surface area contributed by atoms with Gasteiger partial charge in [-0.2, -0.15) is 0 Å². The van der Waals surface area contributed by atoms with E-state index in [0.29, 0.717) is 19.0 Å². The number of sulfonamides is 1. The summed E-state index contributed by atoms with van der Waals surface area (Å²) in [5.41, 5.74) is -0.560. The first kappa shape index (κ1) is 21.5. The Morgan fingerprint density at radius 3 is 2.08 bits per heavy atom. The van der Waals surface area contributed by atoms with E-state index in [1.807, 2.05) is 20.8 Å². The molecule has 0 aromatic carbocycles. The lowest BCUT2D eigenvalue weighted by Gasteiger charge is -2.44. The van der Waals surface area contributed by atoms with Crippen LogP contribution in [0, 0.1) is 11.3 Å². The van der Waals surface area contributed by atoms with Crippen molar-refractivity contribution in [3.63, 3.8) is 0 Å². The molecule has 1 saturated carbocycles. The highest BCUT2D eigenvalue weighted by molar-refractivity contribution is 7.90. The van der Waals surface area contributed by atoms with Crippen molar-refractivity contribution in [2.75, 3.05) is 13.1 Å². The molecule has 1 amide bonds. The van der Waals surface area contributed by atoms with Crippen LogP contribution in [0.4, 0.5) is 4.79 Å². The molecule has 1 aliphatic carbocycles. The van der Waals surface area contributed by atoms with E-state index in [0.717, 1.165) is 25.7 Å². The topological polar surface area (TPSA) is 75.7 Å². The van der Waals surface area contributed by atoms with E-state index in [4.69, 9.17) is 4.74 Å². The van der Waals surface area contributed by atoms with Crippen LogP contribution in [0.1, 0.15) is 74.1 Å². The zero-order chi connectivity index (χ0) is 20.0. The normalized spacial score (nSPS) is 27.0. The van der Waals surface area contributed by atoms with Crippen LogP contribution in [0.25, 0.3) is 0 Å². The van der Waals surface area contributed by atoms with Gasteiger partial charge in [-0.3, -0.25) is 0 Å². The van der Waals surface area contributed by atoms with Crippen LogP contribution in [-0.2, 0) is 14.8 Å². The van der Waals surface area contributed by atoms with Crippen molar-refractivity contribution < 1.29 is 17.9 Å². The first-order valence-electron chi connectivity index (χ1n) is 9.67. The summed E-state index contributed by atoms with van der Waals surface area (Å²) >= 11 is 0. The number of ether oxygens (including phenoxy) is 1. The number of nitrogens with one attached hydrogen (secondary N) is 1. The molecule has 7 heteroatoms. The molecule has 1 aliphatic heterocycles. The molecule has 6 nitrogen and oxygen atoms in total. The zero-order valence-corrected chi connectivity index (χ0v) is 18.2. The molecule has 1 saturated heterocycles. The predicted octanol–water partition coefficient (Wildman–Crippen LogP) is 3.52. The molecule has 152 valence electrons. The summed E-state index contributed by atoms with van der Waals surface area (Å²) < 4.78 is 33.1. The van der Waals surface area contributed by atoms with Gasteiger partial charge in [0, 0.05) is 19.1 Å². The Bertz CT molecular complexity index is 623. The van der Waals surface area contributed by atoms with Crippen molar-refractivity contribution in [2.45, 2.75) is 90.5 Å². The van der Waals surface area contributed by atoms with Crippen LogP contribution in [0.5, 0.6) is 0 Å². The van der Waals surface area contributed by atoms with Crippen LogP contribution >= 0.6 is 0 Å². The molecule has 0 aromatic heterocycles. The van der Waals surface area contributed by atoms with Gasteiger partial charge in [-0.25, -0.2) is 17.9 Å². The second-order valence-corrected chi connectivity index (χ2v) is 12.5. The van der Waals surface area contributed by atoms with Gasteiger partial charge in [0.2, 0.25) is 10.0 Å². The second kappa shape index (κ2) is 6.97. The van der Waals surface area contributed by atoms with Crippen molar-refractivity contribution in [2.24, 2.45) is 11.3 Å². The number of hydrogen-bond donors (Lipinski definition) is 1. The van der Waals surface area contributed by atoms with Crippen LogP contribution in [0.15, 0.2) is 0 Å². The molecular formula is C19H36N2O4S. The molecule has 1 heterocycles. The molecule has 1 spiro atoms. The SMILES string of the molecule is CC1CCC2(CCN(C(=O)OC(C)(C)C)CC2)[C@@H]1NS(=O)(=O)C(C)(C)C. The molecule has 1 N–H and O–H groups in total. The lowest BCUT2D eigenvalue weighted by Crippen LogP contribution is -2.55. The van der Waals surface area contributed by atoms with Crippen LogP contribution < -0.4 is 4.72 Å². The standard InChI is InChI=1S/C19H36N2O4S/c1-14-8-9-19(15(14)20-26(23,24)18(5,6)7)10-12-21(13-11-19)16(22)25-17(2,3)4/h14-15,20H,8-13H2,1-7H3/t14?,15-/m1/s1. The lowest BCUT2D eigenvalue weighted by atomic mass is 9.73. The average Bonchev–Trinajstić information content (AvgIpc) is 2.74. The molecular weight excluding hydrogens is 352 g/mol. The van der Waals surface area contributed by atoms with Gasteiger partial charge < -0.3 is 9.64 Å². The third-order valence-corrected chi connectivity index (χ3v) is 8.00. The maximum atomic E-state index is 12.7. The summed E-state index contributed by atoms with van der Waals surface area (Å²) in [5.74, 6) is 0.306. The van der Waals surface area contributed by atoms with E-state index >= 15 is 0 Å². The summed E-state index contributed by atoms with van der Waals surface area (Å²) in [6.07, 6.45) is 3.38. The minimum absolute atomic E-state index is 0.0593. The molecule has 0 bridgehead atoms. The first-order valence-corrected chi connectivity index (χ1v) is 11.2. The molecule has 26 heavy (non-hydrogen) atoms. The molecule has 2 rings (SSSR count). The molecule has 2 fully saturated rings. The maximum Gasteiger partial charge on any atom is 0.410 e. The Hall–Kier alpha value is -0.820. The smallest absolute Gasteiger partial charge is 0.410 e. The van der Waals surface area contributed by atoms with E-state index in [2.05, 4.69) is 11.6 Å². The van der Waals surface area contributed by atoms with Crippen LogP contribution in [-0.4, -0.2) is 48.9 Å². The van der Waals surface area contributed by atoms with E-state index in [1.165, 1.54) is 0 Å². The molecule has 1 unspecified atom stereocenters. The van der Waals surface area contributed by atoms with Gasteiger partial charge in [0.1, 0.15) is 5.60 Å². The van der Waals surface area contributed by atoms with Crippen molar-refractivity contribution in [3.8, 4) is 0 Å². The van der Waals surface area contributed by atoms with Crippen molar-refractivity contribution >= 4 is 16.1 Å². The Morgan fingerprint density at radius 2 is 1.62 bits per heavy atom. The molecule has 2 atom stereocenters. The van der Waals surface area contributed by atoms with Gasteiger partial charge in [-0.1, -0.05) is 6.92 Å². The number of likely N-dealkylation sites (tertiary alicyclic amines) is 1. The lowest BCUT2D eigenvalue weighted by molar-refractivity contribution is 0.00741. The second-order valence-electron chi connectivity index (χ2n) is 10.1. The van der Waals surface area contributed by atoms with Crippen molar-refractivity contribution in [1.82, 2.24) is 9.62 Å². The number of nitrogens with zero attached hydrogens (tertiary/aromatic N) is 1. The summed E-state index contributed by atoms with van der Waals surface area (Å²) in [7, 11) is -3.40. The molecule has 2 aliphatic rings. The summed E-state index contributed by atoms with van der Waals surface area (Å²) in [4.78, 5) is 14.1. The van der Waals surface area contributed by atoms with E-state index in [-0.39, 0.29) is 17.6 Å². The monoisotopic (exact) mass is 388 g/mol. The van der Waals surface area contributed by atoms with Gasteiger partial charge in [0.05, 0.1) is 4.75 Å². The fourth-order valence-electron chi connectivity index (χ4n) is 4.05. The highest BCUT2D eigenvalue weighted by Crippen LogP contribution is 2.49. The highest BCUT2D eigenvalue weighted by Gasteiger charge is 2.51. The molecule has 0 radical (unpaired) electrons. The van der Waals surface area contributed by atoms with Crippen LogP contribution in [0.3, 0.4) is 0 Å². The Balaban J connectivity index is 2.09.